The molecule has 92 valence electrons. The van der Waals surface area contributed by atoms with Crippen molar-refractivity contribution in [2.24, 2.45) is 0 Å². The summed E-state index contributed by atoms with van der Waals surface area (Å²) in [5.74, 6) is 1.23. The van der Waals surface area contributed by atoms with E-state index in [-0.39, 0.29) is 0 Å². The number of fused-ring (bicyclic) bond motifs is 1. The number of aryl methyl sites for hydroxylation is 2. The Hall–Kier alpha value is -0.740. The van der Waals surface area contributed by atoms with E-state index in [4.69, 9.17) is 12.2 Å². The van der Waals surface area contributed by atoms with Gasteiger partial charge in [0.25, 0.3) is 0 Å². The van der Waals surface area contributed by atoms with E-state index in [9.17, 15) is 0 Å². The van der Waals surface area contributed by atoms with E-state index < -0.39 is 0 Å². The number of H-pyrrole nitrogens is 1. The lowest BCUT2D eigenvalue weighted by atomic mass is 10.2. The minimum absolute atomic E-state index is 0.846. The number of hydrogen-bond donors (Lipinski definition) is 1. The van der Waals surface area contributed by atoms with Crippen molar-refractivity contribution >= 4 is 35.0 Å². The van der Waals surface area contributed by atoms with E-state index in [1.807, 2.05) is 11.8 Å². The molecule has 17 heavy (non-hydrogen) atoms. The molecule has 0 aliphatic rings. The number of aromatic amines is 1. The van der Waals surface area contributed by atoms with E-state index >= 15 is 0 Å². The number of imidazole rings is 1. The van der Waals surface area contributed by atoms with Crippen molar-refractivity contribution < 1.29 is 0 Å². The summed E-state index contributed by atoms with van der Waals surface area (Å²) in [7, 11) is 0. The number of hydrogen-bond acceptors (Lipinski definition) is 2. The van der Waals surface area contributed by atoms with Crippen LogP contribution >= 0.6 is 24.0 Å². The number of para-hydroxylation sites is 1. The first-order valence-electron chi connectivity index (χ1n) is 5.91. The van der Waals surface area contributed by atoms with Gasteiger partial charge in [-0.2, -0.15) is 11.8 Å². The van der Waals surface area contributed by atoms with Gasteiger partial charge in [0.15, 0.2) is 4.77 Å². The molecule has 1 heterocycles. The van der Waals surface area contributed by atoms with Gasteiger partial charge < -0.3 is 9.55 Å². The Balaban J connectivity index is 2.27. The Morgan fingerprint density at radius 1 is 1.35 bits per heavy atom. The first kappa shape index (κ1) is 12.7. The van der Waals surface area contributed by atoms with Gasteiger partial charge in [-0.25, -0.2) is 0 Å². The van der Waals surface area contributed by atoms with Crippen molar-refractivity contribution in [2.75, 3.05) is 12.0 Å². The van der Waals surface area contributed by atoms with E-state index in [0.29, 0.717) is 0 Å². The van der Waals surface area contributed by atoms with Crippen LogP contribution in [0.1, 0.15) is 18.4 Å². The maximum atomic E-state index is 5.39. The van der Waals surface area contributed by atoms with Crippen molar-refractivity contribution in [1.82, 2.24) is 9.55 Å². The molecule has 1 aromatic carbocycles. The van der Waals surface area contributed by atoms with Crippen molar-refractivity contribution in [3.05, 3.63) is 28.5 Å². The molecule has 0 unspecified atom stereocenters. The second kappa shape index (κ2) is 5.74. The third kappa shape index (κ3) is 2.75. The van der Waals surface area contributed by atoms with Gasteiger partial charge in [-0.05, 0) is 55.6 Å². The molecule has 0 fully saturated rings. The third-order valence-electron chi connectivity index (χ3n) is 2.97. The van der Waals surface area contributed by atoms with Crippen LogP contribution in [0.25, 0.3) is 11.0 Å². The molecule has 0 radical (unpaired) electrons. The summed E-state index contributed by atoms with van der Waals surface area (Å²) in [6.45, 7) is 3.16. The number of aromatic nitrogens is 2. The van der Waals surface area contributed by atoms with Crippen LogP contribution in [0.4, 0.5) is 0 Å². The number of nitrogens with zero attached hydrogens (tertiary/aromatic N) is 1. The Labute approximate surface area is 111 Å². The molecule has 0 amide bonds. The maximum Gasteiger partial charge on any atom is 0.178 e. The molecule has 0 aliphatic heterocycles. The highest BCUT2D eigenvalue weighted by molar-refractivity contribution is 7.98. The Bertz CT molecular complexity index is 554. The van der Waals surface area contributed by atoms with Crippen LogP contribution in [0.3, 0.4) is 0 Å². The summed E-state index contributed by atoms with van der Waals surface area (Å²) in [6.07, 6.45) is 4.60. The minimum Gasteiger partial charge on any atom is -0.331 e. The van der Waals surface area contributed by atoms with Crippen LogP contribution in [-0.4, -0.2) is 21.6 Å². The molecule has 2 rings (SSSR count). The van der Waals surface area contributed by atoms with Crippen LogP contribution in [-0.2, 0) is 6.54 Å². The zero-order chi connectivity index (χ0) is 12.3. The highest BCUT2D eigenvalue weighted by Crippen LogP contribution is 2.19. The van der Waals surface area contributed by atoms with Gasteiger partial charge in [0.1, 0.15) is 0 Å². The number of nitrogens with one attached hydrogen (secondary N) is 1. The third-order valence-corrected chi connectivity index (χ3v) is 3.99. The molecule has 0 bridgehead atoms. The van der Waals surface area contributed by atoms with Gasteiger partial charge in [0.2, 0.25) is 0 Å². The summed E-state index contributed by atoms with van der Waals surface area (Å²) >= 11 is 7.30. The van der Waals surface area contributed by atoms with E-state index in [1.54, 1.807) is 0 Å². The van der Waals surface area contributed by atoms with Gasteiger partial charge in [-0.15, -0.1) is 0 Å². The summed E-state index contributed by atoms with van der Waals surface area (Å²) in [5, 5.41) is 0. The van der Waals surface area contributed by atoms with Gasteiger partial charge in [-0.3, -0.25) is 0 Å². The predicted molar refractivity (Wildman–Crippen MR) is 79.5 cm³/mol. The molecule has 0 aliphatic carbocycles. The molecule has 0 atom stereocenters. The van der Waals surface area contributed by atoms with Gasteiger partial charge in [0.05, 0.1) is 11.0 Å². The number of benzene rings is 1. The van der Waals surface area contributed by atoms with Crippen molar-refractivity contribution in [2.45, 2.75) is 26.3 Å². The van der Waals surface area contributed by atoms with E-state index in [0.717, 1.165) is 16.8 Å². The van der Waals surface area contributed by atoms with Crippen molar-refractivity contribution in [3.8, 4) is 0 Å². The fraction of sp³-hybridized carbons (Fsp3) is 0.462. The topological polar surface area (TPSA) is 20.7 Å². The van der Waals surface area contributed by atoms with Crippen LogP contribution < -0.4 is 0 Å². The summed E-state index contributed by atoms with van der Waals surface area (Å²) < 4.78 is 3.08. The average molecular weight is 266 g/mol. The zero-order valence-corrected chi connectivity index (χ0v) is 12.0. The van der Waals surface area contributed by atoms with Gasteiger partial charge >= 0.3 is 0 Å². The lowest BCUT2D eigenvalue weighted by Crippen LogP contribution is -1.99. The van der Waals surface area contributed by atoms with Crippen molar-refractivity contribution in [1.29, 1.82) is 0 Å². The number of rotatable bonds is 5. The summed E-state index contributed by atoms with van der Waals surface area (Å²) in [5.41, 5.74) is 3.71. The molecular weight excluding hydrogens is 248 g/mol. The highest BCUT2D eigenvalue weighted by atomic mass is 32.2. The largest absolute Gasteiger partial charge is 0.331 e. The van der Waals surface area contributed by atoms with Crippen molar-refractivity contribution in [3.63, 3.8) is 0 Å². The fourth-order valence-corrected chi connectivity index (χ4v) is 2.92. The highest BCUT2D eigenvalue weighted by Gasteiger charge is 2.05. The van der Waals surface area contributed by atoms with E-state index in [1.165, 1.54) is 29.7 Å². The van der Waals surface area contributed by atoms with Gasteiger partial charge in [0, 0.05) is 6.54 Å². The van der Waals surface area contributed by atoms with Crippen LogP contribution in [0, 0.1) is 11.7 Å². The second-order valence-electron chi connectivity index (χ2n) is 4.25. The summed E-state index contributed by atoms with van der Waals surface area (Å²) in [6, 6.07) is 6.31. The fourth-order valence-electron chi connectivity index (χ4n) is 2.13. The lowest BCUT2D eigenvalue weighted by Gasteiger charge is -2.06. The normalized spacial score (nSPS) is 11.2. The molecule has 0 spiro atoms. The Morgan fingerprint density at radius 3 is 2.94 bits per heavy atom. The maximum absolute atomic E-state index is 5.39. The minimum atomic E-state index is 0.846. The predicted octanol–water partition coefficient (Wildman–Crippen LogP) is 4.15. The average Bonchev–Trinajstić information content (AvgIpc) is 2.62. The smallest absolute Gasteiger partial charge is 0.178 e. The second-order valence-corrected chi connectivity index (χ2v) is 5.63. The first-order valence-corrected chi connectivity index (χ1v) is 7.71. The van der Waals surface area contributed by atoms with Crippen LogP contribution in [0.5, 0.6) is 0 Å². The van der Waals surface area contributed by atoms with Gasteiger partial charge in [-0.1, -0.05) is 12.1 Å². The van der Waals surface area contributed by atoms with E-state index in [2.05, 4.69) is 40.9 Å². The van der Waals surface area contributed by atoms with Crippen LogP contribution in [0.2, 0.25) is 0 Å². The quantitative estimate of drug-likeness (QED) is 0.648. The molecule has 2 aromatic rings. The zero-order valence-electron chi connectivity index (χ0n) is 10.3. The lowest BCUT2D eigenvalue weighted by molar-refractivity contribution is 0.642. The standard InChI is InChI=1S/C13H18N2S2/c1-10-6-5-7-11-12(10)15(13(16)14-11)8-3-4-9-17-2/h5-7H,3-4,8-9H2,1-2H3,(H,14,16). The molecule has 1 aromatic heterocycles. The summed E-state index contributed by atoms with van der Waals surface area (Å²) in [4.78, 5) is 3.28. The first-order chi connectivity index (χ1) is 8.24. The molecule has 0 saturated heterocycles. The van der Waals surface area contributed by atoms with Crippen LogP contribution in [0.15, 0.2) is 18.2 Å². The number of unbranched alkanes of at least 4 members (excludes halogenated alkanes) is 1. The monoisotopic (exact) mass is 266 g/mol. The Morgan fingerprint density at radius 2 is 2.18 bits per heavy atom. The number of thioether (sulfide) groups is 1. The molecular formula is C13H18N2S2. The molecule has 2 nitrogen and oxygen atoms in total. The Kier molecular flexibility index (Phi) is 4.29. The molecule has 4 heteroatoms. The molecule has 0 saturated carbocycles. The molecule has 1 N–H and O–H groups in total. The SMILES string of the molecule is CSCCCCn1c(=S)[nH]c2cccc(C)c21.